The van der Waals surface area contributed by atoms with Crippen molar-refractivity contribution in [2.45, 2.75) is 20.3 Å². The van der Waals surface area contributed by atoms with Gasteiger partial charge >= 0.3 is 0 Å². The van der Waals surface area contributed by atoms with E-state index in [0.717, 1.165) is 18.5 Å². The van der Waals surface area contributed by atoms with Gasteiger partial charge in [0.25, 0.3) is 5.91 Å². The van der Waals surface area contributed by atoms with Crippen LogP contribution in [0.3, 0.4) is 0 Å². The van der Waals surface area contributed by atoms with Crippen LogP contribution in [0.15, 0.2) is 36.5 Å². The van der Waals surface area contributed by atoms with Gasteiger partial charge in [-0.2, -0.15) is 0 Å². The largest absolute Gasteiger partial charge is 0.358 e. The molecule has 0 aliphatic carbocycles. The predicted octanol–water partition coefficient (Wildman–Crippen LogP) is 4.14. The number of aromatic nitrogens is 1. The van der Waals surface area contributed by atoms with Crippen molar-refractivity contribution < 1.29 is 4.79 Å². The van der Waals surface area contributed by atoms with Crippen LogP contribution in [-0.2, 0) is 0 Å². The lowest BCUT2D eigenvalue weighted by atomic mass is 10.1. The highest BCUT2D eigenvalue weighted by Crippen LogP contribution is 2.26. The molecule has 0 radical (unpaired) electrons. The van der Waals surface area contributed by atoms with Gasteiger partial charge in [0.05, 0.1) is 10.7 Å². The van der Waals surface area contributed by atoms with E-state index >= 15 is 0 Å². The molecule has 0 atom stereocenters. The van der Waals surface area contributed by atoms with Crippen LogP contribution < -0.4 is 10.2 Å². The minimum atomic E-state index is -0.168. The van der Waals surface area contributed by atoms with Crippen LogP contribution in [0, 0.1) is 6.92 Å². The number of rotatable bonds is 5. The summed E-state index contributed by atoms with van der Waals surface area (Å²) in [5.41, 5.74) is 2.28. The van der Waals surface area contributed by atoms with Gasteiger partial charge in [0.15, 0.2) is 5.82 Å². The third kappa shape index (κ3) is 3.98. The highest BCUT2D eigenvalue weighted by molar-refractivity contribution is 6.31. The number of hydrogen-bond acceptors (Lipinski definition) is 3. The number of amides is 1. The number of benzene rings is 1. The molecule has 1 amide bonds. The van der Waals surface area contributed by atoms with Gasteiger partial charge in [-0.1, -0.05) is 36.2 Å². The van der Waals surface area contributed by atoms with Gasteiger partial charge in [-0.05, 0) is 31.5 Å². The van der Waals surface area contributed by atoms with Crippen LogP contribution in [0.5, 0.6) is 0 Å². The van der Waals surface area contributed by atoms with Gasteiger partial charge in [-0.25, -0.2) is 4.98 Å². The summed E-state index contributed by atoms with van der Waals surface area (Å²) in [6, 6.07) is 9.19. The Labute approximate surface area is 136 Å². The van der Waals surface area contributed by atoms with E-state index in [1.54, 1.807) is 18.3 Å². The molecule has 0 unspecified atom stereocenters. The van der Waals surface area contributed by atoms with E-state index in [1.165, 1.54) is 0 Å². The third-order valence-electron chi connectivity index (χ3n) is 3.28. The maximum absolute atomic E-state index is 12.4. The fourth-order valence-electron chi connectivity index (χ4n) is 2.25. The fraction of sp³-hybridized carbons (Fsp3) is 0.294. The Morgan fingerprint density at radius 2 is 2.14 bits per heavy atom. The molecule has 116 valence electrons. The molecule has 2 aromatic rings. The van der Waals surface area contributed by atoms with Crippen molar-refractivity contribution in [1.82, 2.24) is 4.98 Å². The van der Waals surface area contributed by atoms with Crippen molar-refractivity contribution in [1.29, 1.82) is 0 Å². The van der Waals surface area contributed by atoms with E-state index in [9.17, 15) is 4.79 Å². The van der Waals surface area contributed by atoms with Crippen LogP contribution >= 0.6 is 11.6 Å². The summed E-state index contributed by atoms with van der Waals surface area (Å²) in [5.74, 6) is 0.547. The lowest BCUT2D eigenvalue weighted by Gasteiger charge is -2.21. The van der Waals surface area contributed by atoms with E-state index in [2.05, 4.69) is 17.2 Å². The Morgan fingerprint density at radius 3 is 2.82 bits per heavy atom. The Kier molecular flexibility index (Phi) is 5.39. The van der Waals surface area contributed by atoms with Crippen LogP contribution in [0.25, 0.3) is 0 Å². The van der Waals surface area contributed by atoms with Crippen molar-refractivity contribution in [2.24, 2.45) is 0 Å². The highest BCUT2D eigenvalue weighted by Gasteiger charge is 2.13. The molecule has 2 rings (SSSR count). The Bertz CT molecular complexity index is 673. The smallest absolute Gasteiger partial charge is 0.255 e. The van der Waals surface area contributed by atoms with E-state index in [1.807, 2.05) is 37.1 Å². The molecule has 1 aromatic carbocycles. The molecule has 0 aliphatic heterocycles. The van der Waals surface area contributed by atoms with E-state index in [0.29, 0.717) is 22.1 Å². The average Bonchev–Trinajstić information content (AvgIpc) is 2.47. The molecule has 4 nitrogen and oxygen atoms in total. The zero-order chi connectivity index (χ0) is 16.1. The van der Waals surface area contributed by atoms with Crippen LogP contribution in [-0.4, -0.2) is 24.5 Å². The minimum Gasteiger partial charge on any atom is -0.358 e. The summed E-state index contributed by atoms with van der Waals surface area (Å²) in [7, 11) is 1.95. The van der Waals surface area contributed by atoms with E-state index in [-0.39, 0.29) is 5.91 Å². The Morgan fingerprint density at radius 1 is 1.36 bits per heavy atom. The summed E-state index contributed by atoms with van der Waals surface area (Å²) in [6.45, 7) is 4.90. The van der Waals surface area contributed by atoms with Gasteiger partial charge in [0.2, 0.25) is 0 Å². The second kappa shape index (κ2) is 7.27. The normalized spacial score (nSPS) is 10.4. The zero-order valence-electron chi connectivity index (χ0n) is 13.1. The second-order valence-electron chi connectivity index (χ2n) is 5.27. The van der Waals surface area contributed by atoms with E-state index in [4.69, 9.17) is 11.6 Å². The molecular formula is C17H20ClN3O. The monoisotopic (exact) mass is 317 g/mol. The molecule has 0 aliphatic rings. The van der Waals surface area contributed by atoms with Crippen molar-refractivity contribution in [3.63, 3.8) is 0 Å². The molecule has 1 aromatic heterocycles. The zero-order valence-corrected chi connectivity index (χ0v) is 13.8. The van der Waals surface area contributed by atoms with Crippen LogP contribution in [0.1, 0.15) is 29.3 Å². The second-order valence-corrected chi connectivity index (χ2v) is 5.71. The molecule has 1 N–H and O–H groups in total. The summed E-state index contributed by atoms with van der Waals surface area (Å²) in [4.78, 5) is 18.8. The van der Waals surface area contributed by atoms with Crippen molar-refractivity contribution >= 4 is 29.0 Å². The van der Waals surface area contributed by atoms with Gasteiger partial charge in [0, 0.05) is 25.4 Å². The highest BCUT2D eigenvalue weighted by atomic mass is 35.5. The number of carbonyl (C=O) groups excluding carboxylic acids is 1. The number of nitrogens with zero attached hydrogens (tertiary/aromatic N) is 2. The van der Waals surface area contributed by atoms with Crippen molar-refractivity contribution in [2.75, 3.05) is 23.8 Å². The Balaban J connectivity index is 2.28. The first-order valence-corrected chi connectivity index (χ1v) is 7.63. The SMILES string of the molecule is CCCN(C)c1ncc(Cl)cc1NC(=O)c1cccc(C)c1. The summed E-state index contributed by atoms with van der Waals surface area (Å²) in [5, 5.41) is 3.40. The number of halogens is 1. The number of carbonyl (C=O) groups is 1. The average molecular weight is 318 g/mol. The quantitative estimate of drug-likeness (QED) is 0.901. The molecule has 0 spiro atoms. The molecule has 0 saturated carbocycles. The first-order valence-electron chi connectivity index (χ1n) is 7.26. The standard InChI is InChI=1S/C17H20ClN3O/c1-4-8-21(3)16-15(10-14(18)11-19-16)20-17(22)13-7-5-6-12(2)9-13/h5-7,9-11H,4,8H2,1-3H3,(H,20,22). The molecule has 0 fully saturated rings. The lowest BCUT2D eigenvalue weighted by molar-refractivity contribution is 0.102. The summed E-state index contributed by atoms with van der Waals surface area (Å²) >= 11 is 6.02. The van der Waals surface area contributed by atoms with Gasteiger partial charge in [-0.15, -0.1) is 0 Å². The summed E-state index contributed by atoms with van der Waals surface area (Å²) < 4.78 is 0. The van der Waals surface area contributed by atoms with E-state index < -0.39 is 0 Å². The molecule has 0 saturated heterocycles. The molecule has 0 bridgehead atoms. The van der Waals surface area contributed by atoms with Crippen LogP contribution in [0.4, 0.5) is 11.5 Å². The molecule has 5 heteroatoms. The third-order valence-corrected chi connectivity index (χ3v) is 3.49. The van der Waals surface area contributed by atoms with Gasteiger partial charge in [0.1, 0.15) is 0 Å². The predicted molar refractivity (Wildman–Crippen MR) is 91.9 cm³/mol. The molecular weight excluding hydrogens is 298 g/mol. The van der Waals surface area contributed by atoms with Crippen LogP contribution in [0.2, 0.25) is 5.02 Å². The number of hydrogen-bond donors (Lipinski definition) is 1. The van der Waals surface area contributed by atoms with Gasteiger partial charge < -0.3 is 10.2 Å². The number of anilines is 2. The maximum Gasteiger partial charge on any atom is 0.255 e. The Hall–Kier alpha value is -2.07. The number of pyridine rings is 1. The number of nitrogens with one attached hydrogen (secondary N) is 1. The first-order chi connectivity index (χ1) is 10.5. The van der Waals surface area contributed by atoms with Crippen molar-refractivity contribution in [3.05, 3.63) is 52.7 Å². The topological polar surface area (TPSA) is 45.2 Å². The molecule has 1 heterocycles. The summed E-state index contributed by atoms with van der Waals surface area (Å²) in [6.07, 6.45) is 2.58. The first kappa shape index (κ1) is 16.3. The number of aryl methyl sites for hydroxylation is 1. The van der Waals surface area contributed by atoms with Crippen molar-refractivity contribution in [3.8, 4) is 0 Å². The fourth-order valence-corrected chi connectivity index (χ4v) is 2.41. The lowest BCUT2D eigenvalue weighted by Crippen LogP contribution is -2.22. The van der Waals surface area contributed by atoms with Gasteiger partial charge in [-0.3, -0.25) is 4.79 Å². The maximum atomic E-state index is 12.4. The molecule has 22 heavy (non-hydrogen) atoms. The minimum absolute atomic E-state index is 0.168.